The number of nitrogens with zero attached hydrogens (tertiary/aromatic N) is 2. The van der Waals surface area contributed by atoms with Gasteiger partial charge in [-0.3, -0.25) is 14.5 Å². The second-order valence-electron chi connectivity index (χ2n) is 6.39. The summed E-state index contributed by atoms with van der Waals surface area (Å²) in [4.78, 5) is 13.4. The van der Waals surface area contributed by atoms with Crippen molar-refractivity contribution in [3.05, 3.63) is 82.2 Å². The molecule has 0 fully saturated rings. The van der Waals surface area contributed by atoms with Crippen LogP contribution in [-0.4, -0.2) is 20.7 Å². The molecule has 6 nitrogen and oxygen atoms in total. The maximum absolute atomic E-state index is 13.0. The van der Waals surface area contributed by atoms with Crippen molar-refractivity contribution in [2.75, 3.05) is 0 Å². The fourth-order valence-corrected chi connectivity index (χ4v) is 3.69. The van der Waals surface area contributed by atoms with E-state index in [1.807, 2.05) is 29.6 Å². The molecule has 2 N–H and O–H groups in total. The van der Waals surface area contributed by atoms with Crippen molar-refractivity contribution >= 4 is 29.5 Å². The van der Waals surface area contributed by atoms with Gasteiger partial charge in [-0.1, -0.05) is 18.2 Å². The number of H-pyrrole nitrogens is 1. The van der Waals surface area contributed by atoms with E-state index < -0.39 is 0 Å². The molecule has 0 saturated carbocycles. The normalized spacial score (nSPS) is 10.7. The van der Waals surface area contributed by atoms with Crippen LogP contribution < -0.4 is 10.1 Å². The fourth-order valence-electron chi connectivity index (χ4n) is 2.77. The van der Waals surface area contributed by atoms with Crippen molar-refractivity contribution in [1.82, 2.24) is 20.1 Å². The minimum absolute atomic E-state index is 0.0777. The minimum atomic E-state index is -0.312. The summed E-state index contributed by atoms with van der Waals surface area (Å²) in [5.74, 6) is 1.34. The zero-order valence-electron chi connectivity index (χ0n) is 15.7. The van der Waals surface area contributed by atoms with E-state index in [0.29, 0.717) is 28.6 Å². The van der Waals surface area contributed by atoms with Gasteiger partial charge in [0.1, 0.15) is 23.9 Å². The first-order chi connectivity index (χ1) is 14.6. The molecule has 152 valence electrons. The Labute approximate surface area is 181 Å². The molecule has 0 aliphatic rings. The van der Waals surface area contributed by atoms with Crippen LogP contribution in [0.1, 0.15) is 5.56 Å². The van der Waals surface area contributed by atoms with E-state index >= 15 is 0 Å². The van der Waals surface area contributed by atoms with Crippen LogP contribution in [-0.2, 0) is 17.9 Å². The molecule has 4 rings (SSSR count). The Balaban J connectivity index is 1.34. The SMILES string of the molecule is O=C(Cn1c(-c2cccs2)n[nH]c1=S)NCc1ccc(Oc2ccc(F)cc2)cc1. The maximum atomic E-state index is 13.0. The number of hydrogen-bond acceptors (Lipinski definition) is 5. The second-order valence-corrected chi connectivity index (χ2v) is 7.73. The number of halogens is 1. The third-order valence-corrected chi connectivity index (χ3v) is 5.44. The largest absolute Gasteiger partial charge is 0.457 e. The lowest BCUT2D eigenvalue weighted by molar-refractivity contribution is -0.121. The Hall–Kier alpha value is -3.30. The average Bonchev–Trinajstić information content (AvgIpc) is 3.40. The zero-order chi connectivity index (χ0) is 20.9. The van der Waals surface area contributed by atoms with E-state index in [0.717, 1.165) is 10.4 Å². The Morgan fingerprint density at radius 2 is 1.83 bits per heavy atom. The van der Waals surface area contributed by atoms with Gasteiger partial charge in [0.05, 0.1) is 4.88 Å². The van der Waals surface area contributed by atoms with Crippen LogP contribution in [0.4, 0.5) is 4.39 Å². The number of carbonyl (C=O) groups excluding carboxylic acids is 1. The first-order valence-corrected chi connectivity index (χ1v) is 10.4. The van der Waals surface area contributed by atoms with E-state index in [-0.39, 0.29) is 18.3 Å². The molecule has 0 aliphatic carbocycles. The summed E-state index contributed by atoms with van der Waals surface area (Å²) in [6.45, 7) is 0.448. The van der Waals surface area contributed by atoms with Gasteiger partial charge in [-0.15, -0.1) is 11.3 Å². The molecule has 0 spiro atoms. The second kappa shape index (κ2) is 9.02. The Morgan fingerprint density at radius 3 is 2.50 bits per heavy atom. The number of carbonyl (C=O) groups is 1. The third kappa shape index (κ3) is 4.81. The van der Waals surface area contributed by atoms with Crippen molar-refractivity contribution in [2.24, 2.45) is 0 Å². The van der Waals surface area contributed by atoms with Gasteiger partial charge in [-0.2, -0.15) is 5.10 Å². The lowest BCUT2D eigenvalue weighted by atomic mass is 10.2. The number of benzene rings is 2. The number of thiophene rings is 1. The number of hydrogen-bond donors (Lipinski definition) is 2. The van der Waals surface area contributed by atoms with E-state index in [2.05, 4.69) is 15.5 Å². The number of amides is 1. The summed E-state index contributed by atoms with van der Waals surface area (Å²) in [6, 6.07) is 17.0. The summed E-state index contributed by atoms with van der Waals surface area (Å²) in [5.41, 5.74) is 0.920. The minimum Gasteiger partial charge on any atom is -0.457 e. The van der Waals surface area contributed by atoms with Crippen LogP contribution in [0.15, 0.2) is 66.0 Å². The molecule has 2 aromatic heterocycles. The van der Waals surface area contributed by atoms with Crippen molar-refractivity contribution in [2.45, 2.75) is 13.1 Å². The van der Waals surface area contributed by atoms with Crippen LogP contribution in [0.5, 0.6) is 11.5 Å². The van der Waals surface area contributed by atoms with Crippen LogP contribution >= 0.6 is 23.6 Å². The lowest BCUT2D eigenvalue weighted by Crippen LogP contribution is -2.27. The fraction of sp³-hybridized carbons (Fsp3) is 0.0952. The summed E-state index contributed by atoms with van der Waals surface area (Å²) in [7, 11) is 0. The van der Waals surface area contributed by atoms with Crippen molar-refractivity contribution in [1.29, 1.82) is 0 Å². The van der Waals surface area contributed by atoms with Gasteiger partial charge >= 0.3 is 0 Å². The maximum Gasteiger partial charge on any atom is 0.240 e. The summed E-state index contributed by atoms with van der Waals surface area (Å²) in [5, 5.41) is 11.8. The summed E-state index contributed by atoms with van der Waals surface area (Å²) < 4.78 is 20.7. The van der Waals surface area contributed by atoms with E-state index in [1.54, 1.807) is 28.8 Å². The molecule has 0 atom stereocenters. The highest BCUT2D eigenvalue weighted by molar-refractivity contribution is 7.71. The highest BCUT2D eigenvalue weighted by Crippen LogP contribution is 2.23. The predicted octanol–water partition coefficient (Wildman–Crippen LogP) is 4.92. The molecule has 0 radical (unpaired) electrons. The topological polar surface area (TPSA) is 71.9 Å². The first-order valence-electron chi connectivity index (χ1n) is 9.06. The standard InChI is InChI=1S/C21H17FN4O2S2/c22-15-5-9-17(10-6-15)28-16-7-3-14(4-8-16)12-23-19(27)13-26-20(24-25-21(26)29)18-2-1-11-30-18/h1-11H,12-13H2,(H,23,27)(H,25,29). The van der Waals surface area contributed by atoms with Gasteiger partial charge in [-0.05, 0) is 65.6 Å². The highest BCUT2D eigenvalue weighted by atomic mass is 32.1. The predicted molar refractivity (Wildman–Crippen MR) is 115 cm³/mol. The lowest BCUT2D eigenvalue weighted by Gasteiger charge is -2.09. The molecular formula is C21H17FN4O2S2. The van der Waals surface area contributed by atoms with Crippen molar-refractivity contribution in [3.63, 3.8) is 0 Å². The van der Waals surface area contributed by atoms with E-state index in [9.17, 15) is 9.18 Å². The molecule has 0 aliphatic heterocycles. The van der Waals surface area contributed by atoms with Crippen LogP contribution in [0.25, 0.3) is 10.7 Å². The first kappa shape index (κ1) is 20.0. The van der Waals surface area contributed by atoms with Crippen molar-refractivity contribution < 1.29 is 13.9 Å². The molecule has 0 saturated heterocycles. The quantitative estimate of drug-likeness (QED) is 0.400. The molecule has 0 bridgehead atoms. The number of rotatable bonds is 7. The molecular weight excluding hydrogens is 423 g/mol. The Bertz CT molecular complexity index is 1180. The third-order valence-electron chi connectivity index (χ3n) is 4.26. The van der Waals surface area contributed by atoms with Gasteiger partial charge in [0.25, 0.3) is 0 Å². The van der Waals surface area contributed by atoms with Gasteiger partial charge in [0.2, 0.25) is 5.91 Å². The summed E-state index contributed by atoms with van der Waals surface area (Å²) >= 11 is 6.78. The van der Waals surface area contributed by atoms with Crippen LogP contribution in [0.2, 0.25) is 0 Å². The van der Waals surface area contributed by atoms with E-state index in [1.165, 1.54) is 23.5 Å². The number of ether oxygens (including phenoxy) is 1. The van der Waals surface area contributed by atoms with Crippen LogP contribution in [0, 0.1) is 10.6 Å². The van der Waals surface area contributed by atoms with Gasteiger partial charge in [-0.25, -0.2) is 4.39 Å². The smallest absolute Gasteiger partial charge is 0.240 e. The van der Waals surface area contributed by atoms with Gasteiger partial charge in [0, 0.05) is 6.54 Å². The average molecular weight is 441 g/mol. The molecule has 4 aromatic rings. The van der Waals surface area contributed by atoms with E-state index in [4.69, 9.17) is 17.0 Å². The Kier molecular flexibility index (Phi) is 6.01. The summed E-state index contributed by atoms with van der Waals surface area (Å²) in [6.07, 6.45) is 0. The molecule has 1 amide bonds. The van der Waals surface area contributed by atoms with Crippen LogP contribution in [0.3, 0.4) is 0 Å². The molecule has 0 unspecified atom stereocenters. The van der Waals surface area contributed by atoms with Crippen molar-refractivity contribution in [3.8, 4) is 22.2 Å². The van der Waals surface area contributed by atoms with Gasteiger partial charge < -0.3 is 10.1 Å². The monoisotopic (exact) mass is 440 g/mol. The number of aromatic nitrogens is 3. The molecule has 9 heteroatoms. The number of aromatic amines is 1. The Morgan fingerprint density at radius 1 is 1.13 bits per heavy atom. The molecule has 2 aromatic carbocycles. The number of nitrogens with one attached hydrogen (secondary N) is 2. The highest BCUT2D eigenvalue weighted by Gasteiger charge is 2.13. The molecule has 2 heterocycles. The molecule has 30 heavy (non-hydrogen) atoms. The van der Waals surface area contributed by atoms with Gasteiger partial charge in [0.15, 0.2) is 10.6 Å². The zero-order valence-corrected chi connectivity index (χ0v) is 17.3.